The number of benzene rings is 7. The molecule has 0 spiro atoms. The zero-order valence-corrected chi connectivity index (χ0v) is 36.0. The van der Waals surface area contributed by atoms with Gasteiger partial charge in [-0.1, -0.05) is 164 Å². The summed E-state index contributed by atoms with van der Waals surface area (Å²) in [5, 5.41) is 8.48. The minimum absolute atomic E-state index is 0.362. The van der Waals surface area contributed by atoms with Crippen LogP contribution in [0.3, 0.4) is 0 Å². The number of hydrogen-bond acceptors (Lipinski definition) is 3. The fourth-order valence-electron chi connectivity index (χ4n) is 9.01. The van der Waals surface area contributed by atoms with E-state index in [0.717, 1.165) is 31.2 Å². The lowest BCUT2D eigenvalue weighted by atomic mass is 9.81. The average molecular weight is 810 g/mol. The normalized spacial score (nSPS) is 14.3. The second-order valence-corrected chi connectivity index (χ2v) is 16.0. The van der Waals surface area contributed by atoms with E-state index < -0.39 is 0 Å². The molecule has 62 heavy (non-hydrogen) atoms. The smallest absolute Gasteiger partial charge is 0.150 e. The van der Waals surface area contributed by atoms with Gasteiger partial charge >= 0.3 is 0 Å². The first-order valence-corrected chi connectivity index (χ1v) is 21.6. The highest BCUT2D eigenvalue weighted by Crippen LogP contribution is 2.46. The molecule has 5 heteroatoms. The number of fused-ring (bicyclic) bond motifs is 6. The van der Waals surface area contributed by atoms with Crippen LogP contribution in [-0.2, 0) is 6.42 Å². The van der Waals surface area contributed by atoms with E-state index in [9.17, 15) is 0 Å². The van der Waals surface area contributed by atoms with Gasteiger partial charge in [0.1, 0.15) is 5.84 Å². The van der Waals surface area contributed by atoms with Crippen molar-refractivity contribution in [3.63, 3.8) is 0 Å². The lowest BCUT2D eigenvalue weighted by Gasteiger charge is -2.26. The Labute approximate surface area is 366 Å². The van der Waals surface area contributed by atoms with Crippen LogP contribution in [0, 0.1) is 0 Å². The number of hydrazone groups is 1. The summed E-state index contributed by atoms with van der Waals surface area (Å²) < 4.78 is 2.56. The van der Waals surface area contributed by atoms with Crippen molar-refractivity contribution in [2.24, 2.45) is 16.7 Å². The number of nitrogens with zero attached hydrogens (tertiary/aromatic N) is 3. The minimum atomic E-state index is 0.362. The molecule has 0 saturated carbocycles. The van der Waals surface area contributed by atoms with Gasteiger partial charge in [0.05, 0.1) is 16.7 Å². The second kappa shape index (κ2) is 18.9. The Morgan fingerprint density at radius 2 is 1.50 bits per heavy atom. The molecule has 1 heterocycles. The standard InChI is InChI=1S/C47H40N2.C7H9N3.C3H6/c1-32-15-14-24-39-42(27-26-36(46(32)39)29-33-16-6-3-7-17-33)49-43-28-25-35-20-12-13-23-38(35)47(43)41-31-44(48(2)37-21-10-5-11-22-37)40(30-45(41)49)34-18-8-4-9-19-34;8-7(10-9)6-4-2-1-3-5-6;1-3-2/h3-6,8-14,16,18-28,30-32H,7,15,17,29H2,1-2H3;1-5H,9H2,(H2,8,10);3H,1H2,2H3. The summed E-state index contributed by atoms with van der Waals surface area (Å²) in [6, 6.07) is 54.2. The Balaban J connectivity index is 0.000000353. The van der Waals surface area contributed by atoms with E-state index in [4.69, 9.17) is 11.6 Å². The highest BCUT2D eigenvalue weighted by molar-refractivity contribution is 6.23. The molecule has 4 N–H and O–H groups in total. The quantitative estimate of drug-likeness (QED) is 0.0554. The molecule has 0 amide bonds. The van der Waals surface area contributed by atoms with Gasteiger partial charge < -0.3 is 21.0 Å². The van der Waals surface area contributed by atoms with Crippen LogP contribution in [0.15, 0.2) is 199 Å². The molecule has 5 nitrogen and oxygen atoms in total. The van der Waals surface area contributed by atoms with E-state index in [1.165, 1.54) is 83.0 Å². The zero-order chi connectivity index (χ0) is 43.0. The number of rotatable bonds is 7. The third-order valence-corrected chi connectivity index (χ3v) is 12.0. The molecule has 0 bridgehead atoms. The molecule has 1 aromatic heterocycles. The van der Waals surface area contributed by atoms with Crippen LogP contribution < -0.4 is 16.5 Å². The number of para-hydroxylation sites is 1. The van der Waals surface area contributed by atoms with Gasteiger partial charge in [-0.15, -0.1) is 6.58 Å². The molecule has 2 aliphatic rings. The monoisotopic (exact) mass is 809 g/mol. The third kappa shape index (κ3) is 8.35. The van der Waals surface area contributed by atoms with E-state index in [0.29, 0.717) is 11.8 Å². The Kier molecular flexibility index (Phi) is 12.6. The summed E-state index contributed by atoms with van der Waals surface area (Å²) in [5.41, 5.74) is 20.7. The van der Waals surface area contributed by atoms with Gasteiger partial charge in [-0.05, 0) is 102 Å². The molecule has 0 radical (unpaired) electrons. The Hall–Kier alpha value is -7.37. The van der Waals surface area contributed by atoms with Crippen LogP contribution in [0.1, 0.15) is 61.3 Å². The minimum Gasteiger partial charge on any atom is -0.382 e. The van der Waals surface area contributed by atoms with E-state index in [-0.39, 0.29) is 0 Å². The average Bonchev–Trinajstić information content (AvgIpc) is 3.66. The maximum atomic E-state index is 5.42. The van der Waals surface area contributed by atoms with Crippen LogP contribution >= 0.6 is 0 Å². The molecule has 1 atom stereocenters. The SMILES string of the molecule is C=CC.CC1CC=Cc2c(-n3c4cc(-c5ccccc5)c(N(C)c5ccccc5)cc4c4c5ccccc5ccc43)ccc(CC3=CC=CCC3)c21.N/N=C(\N)c1ccccc1. The van der Waals surface area contributed by atoms with Crippen LogP contribution in [0.4, 0.5) is 11.4 Å². The van der Waals surface area contributed by atoms with Crippen molar-refractivity contribution in [3.05, 3.63) is 216 Å². The molecule has 2 aliphatic carbocycles. The largest absolute Gasteiger partial charge is 0.382 e. The van der Waals surface area contributed by atoms with E-state index in [2.05, 4.69) is 187 Å². The topological polar surface area (TPSA) is 72.6 Å². The summed E-state index contributed by atoms with van der Waals surface area (Å²) in [6.45, 7) is 7.66. The summed E-state index contributed by atoms with van der Waals surface area (Å²) in [7, 11) is 2.19. The summed E-state index contributed by atoms with van der Waals surface area (Å²) >= 11 is 0. The highest BCUT2D eigenvalue weighted by Gasteiger charge is 2.25. The molecule has 308 valence electrons. The fraction of sp³-hybridized carbons (Fsp3) is 0.140. The van der Waals surface area contributed by atoms with Crippen LogP contribution in [0.25, 0.3) is 55.5 Å². The first-order valence-electron chi connectivity index (χ1n) is 21.6. The number of aromatic nitrogens is 1. The first kappa shape index (κ1) is 41.4. The maximum Gasteiger partial charge on any atom is 0.150 e. The van der Waals surface area contributed by atoms with E-state index in [1.807, 2.05) is 37.3 Å². The number of amidine groups is 1. The number of anilines is 2. The maximum absolute atomic E-state index is 5.42. The second-order valence-electron chi connectivity index (χ2n) is 16.0. The van der Waals surface area contributed by atoms with Crippen molar-refractivity contribution in [3.8, 4) is 16.8 Å². The highest BCUT2D eigenvalue weighted by atomic mass is 15.2. The van der Waals surface area contributed by atoms with Crippen molar-refractivity contribution in [1.29, 1.82) is 0 Å². The Bertz CT molecular complexity index is 2970. The summed E-state index contributed by atoms with van der Waals surface area (Å²) in [5.74, 6) is 5.80. The fourth-order valence-corrected chi connectivity index (χ4v) is 9.01. The van der Waals surface area contributed by atoms with Crippen molar-refractivity contribution in [2.75, 3.05) is 11.9 Å². The Morgan fingerprint density at radius 3 is 2.21 bits per heavy atom. The lowest BCUT2D eigenvalue weighted by Crippen LogP contribution is -2.14. The molecule has 7 aromatic carbocycles. The first-order chi connectivity index (χ1) is 30.4. The number of nitrogens with two attached hydrogens (primary N) is 2. The molecule has 0 saturated heterocycles. The van der Waals surface area contributed by atoms with Gasteiger partial charge in [0, 0.05) is 45.9 Å². The van der Waals surface area contributed by atoms with Gasteiger partial charge in [0.25, 0.3) is 0 Å². The van der Waals surface area contributed by atoms with Gasteiger partial charge in [-0.2, -0.15) is 5.10 Å². The summed E-state index contributed by atoms with van der Waals surface area (Å²) in [6.07, 6.45) is 17.8. The van der Waals surface area contributed by atoms with Crippen molar-refractivity contribution < 1.29 is 0 Å². The van der Waals surface area contributed by atoms with Crippen LogP contribution in [-0.4, -0.2) is 17.5 Å². The van der Waals surface area contributed by atoms with Gasteiger partial charge in [-0.25, -0.2) is 0 Å². The number of hydrogen-bond donors (Lipinski definition) is 2. The molecular formula is C57H55N5. The van der Waals surface area contributed by atoms with Gasteiger partial charge in [-0.3, -0.25) is 0 Å². The van der Waals surface area contributed by atoms with Gasteiger partial charge in [0.2, 0.25) is 0 Å². The van der Waals surface area contributed by atoms with E-state index in [1.54, 1.807) is 6.08 Å². The molecule has 0 fully saturated rings. The van der Waals surface area contributed by atoms with Crippen LogP contribution in [0.2, 0.25) is 0 Å². The third-order valence-electron chi connectivity index (χ3n) is 12.0. The predicted molar refractivity (Wildman–Crippen MR) is 268 cm³/mol. The predicted octanol–water partition coefficient (Wildman–Crippen LogP) is 14.2. The van der Waals surface area contributed by atoms with Crippen molar-refractivity contribution >= 4 is 55.9 Å². The summed E-state index contributed by atoms with van der Waals surface area (Å²) in [4.78, 5) is 2.34. The zero-order valence-electron chi connectivity index (χ0n) is 36.0. The molecule has 8 aromatic rings. The van der Waals surface area contributed by atoms with Crippen molar-refractivity contribution in [1.82, 2.24) is 4.57 Å². The molecule has 0 aliphatic heterocycles. The molecule has 10 rings (SSSR count). The van der Waals surface area contributed by atoms with Crippen molar-refractivity contribution in [2.45, 2.75) is 45.4 Å². The molecular weight excluding hydrogens is 755 g/mol. The van der Waals surface area contributed by atoms with Crippen LogP contribution in [0.5, 0.6) is 0 Å². The van der Waals surface area contributed by atoms with Gasteiger partial charge in [0.15, 0.2) is 0 Å². The van der Waals surface area contributed by atoms with E-state index >= 15 is 0 Å². The Morgan fingerprint density at radius 1 is 0.806 bits per heavy atom. The number of allylic oxidation sites excluding steroid dienone is 6. The lowest BCUT2D eigenvalue weighted by molar-refractivity contribution is 0.754. The molecule has 1 unspecified atom stereocenters.